The Morgan fingerprint density at radius 1 is 1.00 bits per heavy atom. The zero-order chi connectivity index (χ0) is 19.1. The van der Waals surface area contributed by atoms with E-state index in [9.17, 15) is 5.11 Å². The summed E-state index contributed by atoms with van der Waals surface area (Å²) in [5.74, 6) is 0.890. The molecule has 145 valence electrons. The number of rotatable bonds is 11. The zero-order valence-corrected chi connectivity index (χ0v) is 16.2. The molecule has 6 nitrogen and oxygen atoms in total. The van der Waals surface area contributed by atoms with Crippen LogP contribution in [0, 0.1) is 0 Å². The van der Waals surface area contributed by atoms with Crippen LogP contribution in [0.5, 0.6) is 5.75 Å². The molecule has 0 aliphatic carbocycles. The predicted octanol–water partition coefficient (Wildman–Crippen LogP) is 4.25. The summed E-state index contributed by atoms with van der Waals surface area (Å²) in [6.45, 7) is 4.15. The zero-order valence-electron chi connectivity index (χ0n) is 15.3. The van der Waals surface area contributed by atoms with Gasteiger partial charge in [0.1, 0.15) is 18.5 Å². The van der Waals surface area contributed by atoms with Crippen molar-refractivity contribution in [3.8, 4) is 5.75 Å². The third kappa shape index (κ3) is 17.7. The summed E-state index contributed by atoms with van der Waals surface area (Å²) >= 11 is 0. The molecule has 0 saturated carbocycles. The lowest BCUT2D eigenvalue weighted by Crippen LogP contribution is -2.12. The minimum atomic E-state index is -4.64. The average Bonchev–Trinajstić information content (AvgIpc) is 2.51. The maximum Gasteiger partial charge on any atom is 0.466 e. The van der Waals surface area contributed by atoms with Crippen LogP contribution in [-0.2, 0) is 16.1 Å². The summed E-state index contributed by atoms with van der Waals surface area (Å²) in [7, 11) is -4.64. The number of ether oxygens (including phenoxy) is 1. The first kappa shape index (κ1) is 24.1. The highest BCUT2D eigenvalue weighted by molar-refractivity contribution is 7.45. The first-order chi connectivity index (χ1) is 11.7. The quantitative estimate of drug-likeness (QED) is 0.396. The van der Waals surface area contributed by atoms with Crippen molar-refractivity contribution in [2.75, 3.05) is 6.61 Å². The summed E-state index contributed by atoms with van der Waals surface area (Å²) in [6, 6.07) is 8.10. The molecule has 1 unspecified atom stereocenters. The Morgan fingerprint density at radius 2 is 1.52 bits per heavy atom. The summed E-state index contributed by atoms with van der Waals surface area (Å²) in [5, 5.41) is 11.1. The van der Waals surface area contributed by atoms with Crippen LogP contribution in [0.25, 0.3) is 0 Å². The van der Waals surface area contributed by atoms with Crippen LogP contribution in [0.15, 0.2) is 24.3 Å². The van der Waals surface area contributed by atoms with Crippen LogP contribution in [0.3, 0.4) is 0 Å². The molecule has 0 amide bonds. The third-order valence-corrected chi connectivity index (χ3v) is 3.50. The first-order valence-corrected chi connectivity index (χ1v) is 10.4. The molecule has 1 aromatic rings. The minimum absolute atomic E-state index is 0.258. The Labute approximate surface area is 151 Å². The molecular formula is C18H32O6P. The van der Waals surface area contributed by atoms with Crippen LogP contribution in [0.1, 0.15) is 64.4 Å². The van der Waals surface area contributed by atoms with Crippen molar-refractivity contribution in [1.29, 1.82) is 0 Å². The second-order valence-electron chi connectivity index (χ2n) is 6.11. The predicted molar refractivity (Wildman–Crippen MR) is 98.0 cm³/mol. The number of phosphoric acid groups is 1. The normalized spacial score (nSPS) is 12.2. The van der Waals surface area contributed by atoms with Crippen molar-refractivity contribution in [3.05, 3.63) is 29.8 Å². The van der Waals surface area contributed by atoms with Crippen LogP contribution in [-0.4, -0.2) is 27.4 Å². The molecule has 0 aliphatic heterocycles. The Bertz CT molecular complexity index is 478. The summed E-state index contributed by atoms with van der Waals surface area (Å²) in [5.41, 5.74) is 1.24. The lowest BCUT2D eigenvalue weighted by molar-refractivity contribution is 0.0582. The molecule has 0 saturated heterocycles. The van der Waals surface area contributed by atoms with E-state index in [0.29, 0.717) is 0 Å². The maximum atomic E-state index is 11.1. The van der Waals surface area contributed by atoms with Gasteiger partial charge in [0.05, 0.1) is 0 Å². The number of benzene rings is 1. The molecule has 0 fully saturated rings. The van der Waals surface area contributed by atoms with Gasteiger partial charge in [-0.1, -0.05) is 63.6 Å². The van der Waals surface area contributed by atoms with Gasteiger partial charge in [0, 0.05) is 0 Å². The SMILES string of the molecule is CCCCCCCCCc1ccccc1OCC(C)[O].O=P(O)(O)O. The molecule has 0 aliphatic rings. The summed E-state index contributed by atoms with van der Waals surface area (Å²) in [6.07, 6.45) is 9.62. The monoisotopic (exact) mass is 375 g/mol. The molecule has 0 spiro atoms. The van der Waals surface area contributed by atoms with Crippen molar-refractivity contribution in [2.45, 2.75) is 71.3 Å². The van der Waals surface area contributed by atoms with Gasteiger partial charge < -0.3 is 19.4 Å². The number of hydrogen-bond donors (Lipinski definition) is 3. The van der Waals surface area contributed by atoms with E-state index in [1.54, 1.807) is 6.92 Å². The minimum Gasteiger partial charge on any atom is -0.490 e. The van der Waals surface area contributed by atoms with E-state index in [4.69, 9.17) is 24.0 Å². The van der Waals surface area contributed by atoms with Crippen LogP contribution in [0.2, 0.25) is 0 Å². The van der Waals surface area contributed by atoms with Crippen molar-refractivity contribution in [1.82, 2.24) is 0 Å². The Hall–Kier alpha value is -0.910. The lowest BCUT2D eigenvalue weighted by Gasteiger charge is -2.12. The van der Waals surface area contributed by atoms with Gasteiger partial charge in [0.15, 0.2) is 0 Å². The highest BCUT2D eigenvalue weighted by atomic mass is 31.2. The van der Waals surface area contributed by atoms with Gasteiger partial charge in [-0.25, -0.2) is 9.67 Å². The van der Waals surface area contributed by atoms with Gasteiger partial charge in [0.2, 0.25) is 0 Å². The standard InChI is InChI=1S/C18H29O2.H3O4P/c1-3-4-5-6-7-8-9-12-17-13-10-11-14-18(17)20-15-16(2)19;1-5(2,3)4/h10-11,13-14,16H,3-9,12,15H2,1-2H3;(H3,1,2,3,4). The fourth-order valence-corrected chi connectivity index (χ4v) is 2.33. The largest absolute Gasteiger partial charge is 0.490 e. The molecule has 1 aromatic carbocycles. The van der Waals surface area contributed by atoms with E-state index in [2.05, 4.69) is 13.0 Å². The van der Waals surface area contributed by atoms with E-state index < -0.39 is 13.9 Å². The van der Waals surface area contributed by atoms with Gasteiger partial charge >= 0.3 is 7.82 Å². The smallest absolute Gasteiger partial charge is 0.466 e. The molecule has 0 aromatic heterocycles. The molecule has 0 bridgehead atoms. The second kappa shape index (κ2) is 14.3. The number of hydrogen-bond acceptors (Lipinski definition) is 2. The van der Waals surface area contributed by atoms with E-state index in [1.807, 2.05) is 18.2 Å². The third-order valence-electron chi connectivity index (χ3n) is 3.50. The highest BCUT2D eigenvalue weighted by Crippen LogP contribution is 2.25. The number of aryl methyl sites for hydroxylation is 1. The molecule has 7 heteroatoms. The van der Waals surface area contributed by atoms with Crippen molar-refractivity contribution < 1.29 is 29.1 Å². The fourth-order valence-electron chi connectivity index (χ4n) is 2.33. The first-order valence-electron chi connectivity index (χ1n) is 8.88. The fraction of sp³-hybridized carbons (Fsp3) is 0.667. The molecule has 3 N–H and O–H groups in total. The molecule has 0 heterocycles. The molecule has 1 radical (unpaired) electrons. The van der Waals surface area contributed by atoms with Crippen molar-refractivity contribution >= 4 is 7.82 Å². The summed E-state index contributed by atoms with van der Waals surface area (Å²) in [4.78, 5) is 21.6. The highest BCUT2D eigenvalue weighted by Gasteiger charge is 2.05. The maximum absolute atomic E-state index is 11.1. The Balaban J connectivity index is 0.00000101. The Morgan fingerprint density at radius 3 is 2.08 bits per heavy atom. The molecule has 1 atom stereocenters. The lowest BCUT2D eigenvalue weighted by atomic mass is 10.0. The Kier molecular flexibility index (Phi) is 13.8. The van der Waals surface area contributed by atoms with Gasteiger partial charge in [-0.2, -0.15) is 0 Å². The van der Waals surface area contributed by atoms with E-state index in [0.717, 1.165) is 12.2 Å². The average molecular weight is 375 g/mol. The van der Waals surface area contributed by atoms with Crippen LogP contribution < -0.4 is 4.74 Å². The van der Waals surface area contributed by atoms with Crippen LogP contribution in [0.4, 0.5) is 0 Å². The van der Waals surface area contributed by atoms with Gasteiger partial charge in [0.25, 0.3) is 0 Å². The van der Waals surface area contributed by atoms with Crippen molar-refractivity contribution in [3.63, 3.8) is 0 Å². The number of para-hydroxylation sites is 1. The second-order valence-corrected chi connectivity index (χ2v) is 7.14. The van der Waals surface area contributed by atoms with Gasteiger partial charge in [-0.15, -0.1) is 0 Å². The topological polar surface area (TPSA) is 107 Å². The molecule has 25 heavy (non-hydrogen) atoms. The molecular weight excluding hydrogens is 343 g/mol. The van der Waals surface area contributed by atoms with Crippen molar-refractivity contribution in [2.24, 2.45) is 0 Å². The summed E-state index contributed by atoms with van der Waals surface area (Å²) < 4.78 is 14.5. The van der Waals surface area contributed by atoms with Gasteiger partial charge in [-0.05, 0) is 31.4 Å². The van der Waals surface area contributed by atoms with Crippen LogP contribution >= 0.6 is 7.82 Å². The molecule has 1 rings (SSSR count). The van der Waals surface area contributed by atoms with Gasteiger partial charge in [-0.3, -0.25) is 0 Å². The number of unbranched alkanes of at least 4 members (excludes halogenated alkanes) is 6. The van der Waals surface area contributed by atoms with E-state index in [1.165, 1.54) is 50.5 Å². The van der Waals surface area contributed by atoms with E-state index in [-0.39, 0.29) is 6.61 Å². The van der Waals surface area contributed by atoms with E-state index >= 15 is 0 Å².